The van der Waals surface area contributed by atoms with Crippen LogP contribution in [0.15, 0.2) is 0 Å². The van der Waals surface area contributed by atoms with E-state index >= 15 is 0 Å². The molecular formula is C14H29NOSi. The highest BCUT2D eigenvalue weighted by molar-refractivity contribution is 6.77. The Morgan fingerprint density at radius 3 is 1.65 bits per heavy atom. The first kappa shape index (κ1) is 16.7. The largest absolute Gasteiger partial charge is 0.413 e. The van der Waals surface area contributed by atoms with E-state index in [1.807, 2.05) is 0 Å². The van der Waals surface area contributed by atoms with E-state index in [1.54, 1.807) is 0 Å². The zero-order chi connectivity index (χ0) is 13.6. The van der Waals surface area contributed by atoms with Gasteiger partial charge in [-0.25, -0.2) is 0 Å². The van der Waals surface area contributed by atoms with E-state index < -0.39 is 8.32 Å². The van der Waals surface area contributed by atoms with Gasteiger partial charge in [0.25, 0.3) is 0 Å². The maximum Gasteiger partial charge on any atom is 0.200 e. The molecule has 0 aromatic heterocycles. The van der Waals surface area contributed by atoms with E-state index in [4.69, 9.17) is 9.69 Å². The summed E-state index contributed by atoms with van der Waals surface area (Å²) in [5.74, 6) is 0. The summed E-state index contributed by atoms with van der Waals surface area (Å²) >= 11 is 0. The SMILES string of the molecule is CC(CCC#N)O[Si](C(C)C)(C(C)C)C(C)C. The third-order valence-corrected chi connectivity index (χ3v) is 10.00. The summed E-state index contributed by atoms with van der Waals surface area (Å²) < 4.78 is 6.51. The van der Waals surface area contributed by atoms with Crippen molar-refractivity contribution in [3.63, 3.8) is 0 Å². The van der Waals surface area contributed by atoms with Crippen molar-refractivity contribution in [3.8, 4) is 6.07 Å². The predicted molar refractivity (Wildman–Crippen MR) is 76.4 cm³/mol. The van der Waals surface area contributed by atoms with Gasteiger partial charge in [-0.15, -0.1) is 0 Å². The van der Waals surface area contributed by atoms with Gasteiger partial charge in [0, 0.05) is 12.5 Å². The maximum absolute atomic E-state index is 8.65. The smallest absolute Gasteiger partial charge is 0.200 e. The average Bonchev–Trinajstić information content (AvgIpc) is 2.21. The highest BCUT2D eigenvalue weighted by Crippen LogP contribution is 2.43. The van der Waals surface area contributed by atoms with Crippen molar-refractivity contribution in [3.05, 3.63) is 0 Å². The molecule has 0 fully saturated rings. The van der Waals surface area contributed by atoms with Crippen LogP contribution in [-0.4, -0.2) is 14.4 Å². The summed E-state index contributed by atoms with van der Waals surface area (Å²) in [5.41, 5.74) is 1.85. The van der Waals surface area contributed by atoms with Crippen molar-refractivity contribution in [2.75, 3.05) is 0 Å². The molecule has 0 radical (unpaired) electrons. The highest BCUT2D eigenvalue weighted by Gasteiger charge is 2.45. The lowest BCUT2D eigenvalue weighted by molar-refractivity contribution is 0.183. The zero-order valence-corrected chi connectivity index (χ0v) is 13.6. The van der Waals surface area contributed by atoms with Crippen LogP contribution in [-0.2, 0) is 4.43 Å². The van der Waals surface area contributed by atoms with Gasteiger partial charge in [0.2, 0.25) is 8.32 Å². The van der Waals surface area contributed by atoms with Crippen molar-refractivity contribution in [2.45, 2.75) is 84.0 Å². The molecule has 2 nitrogen and oxygen atoms in total. The molecule has 0 aromatic carbocycles. The molecule has 1 atom stereocenters. The fraction of sp³-hybridized carbons (Fsp3) is 0.929. The van der Waals surface area contributed by atoms with E-state index in [1.165, 1.54) is 0 Å². The van der Waals surface area contributed by atoms with Crippen LogP contribution in [0.5, 0.6) is 0 Å². The third kappa shape index (κ3) is 4.12. The fourth-order valence-electron chi connectivity index (χ4n) is 3.08. The topological polar surface area (TPSA) is 33.0 Å². The van der Waals surface area contributed by atoms with Crippen molar-refractivity contribution >= 4 is 8.32 Å². The summed E-state index contributed by atoms with van der Waals surface area (Å²) in [6, 6.07) is 2.21. The lowest BCUT2D eigenvalue weighted by Crippen LogP contribution is -2.49. The maximum atomic E-state index is 8.65. The fourth-order valence-corrected chi connectivity index (χ4v) is 8.71. The minimum atomic E-state index is -1.75. The average molecular weight is 255 g/mol. The van der Waals surface area contributed by atoms with Gasteiger partial charge in [-0.2, -0.15) is 5.26 Å². The second-order valence-corrected chi connectivity index (χ2v) is 11.3. The molecule has 0 spiro atoms. The molecule has 0 aliphatic rings. The Bertz CT molecular complexity index is 234. The van der Waals surface area contributed by atoms with E-state index in [0.29, 0.717) is 23.0 Å². The second-order valence-electron chi connectivity index (χ2n) is 5.94. The molecular weight excluding hydrogens is 226 g/mol. The van der Waals surface area contributed by atoms with Crippen molar-refractivity contribution in [1.82, 2.24) is 0 Å². The number of nitriles is 1. The van der Waals surface area contributed by atoms with Gasteiger partial charge < -0.3 is 4.43 Å². The van der Waals surface area contributed by atoms with Crippen molar-refractivity contribution in [2.24, 2.45) is 0 Å². The molecule has 0 heterocycles. The molecule has 0 saturated carbocycles. The van der Waals surface area contributed by atoms with Gasteiger partial charge in [-0.05, 0) is 30.0 Å². The molecule has 0 bridgehead atoms. The lowest BCUT2D eigenvalue weighted by atomic mass is 10.2. The summed E-state index contributed by atoms with van der Waals surface area (Å²) in [5, 5.41) is 8.65. The first-order chi connectivity index (χ1) is 7.78. The monoisotopic (exact) mass is 255 g/mol. The molecule has 17 heavy (non-hydrogen) atoms. The molecule has 1 unspecified atom stereocenters. The van der Waals surface area contributed by atoms with E-state index in [2.05, 4.69) is 54.5 Å². The predicted octanol–water partition coefficient (Wildman–Crippen LogP) is 4.87. The lowest BCUT2D eigenvalue weighted by Gasteiger charge is -2.44. The molecule has 0 N–H and O–H groups in total. The van der Waals surface area contributed by atoms with Gasteiger partial charge in [0.15, 0.2) is 0 Å². The number of rotatable bonds is 7. The van der Waals surface area contributed by atoms with Gasteiger partial charge >= 0.3 is 0 Å². The molecule has 0 aromatic rings. The van der Waals surface area contributed by atoms with Crippen molar-refractivity contribution in [1.29, 1.82) is 5.26 Å². The van der Waals surface area contributed by atoms with Crippen LogP contribution < -0.4 is 0 Å². The summed E-state index contributed by atoms with van der Waals surface area (Å²) in [7, 11) is -1.75. The Balaban J connectivity index is 4.87. The third-order valence-electron chi connectivity index (χ3n) is 3.78. The van der Waals surface area contributed by atoms with Crippen LogP contribution in [0, 0.1) is 11.3 Å². The van der Waals surface area contributed by atoms with Crippen molar-refractivity contribution < 1.29 is 4.43 Å². The first-order valence-corrected chi connectivity index (χ1v) is 8.97. The van der Waals surface area contributed by atoms with Crippen LogP contribution in [0.4, 0.5) is 0 Å². The van der Waals surface area contributed by atoms with Gasteiger partial charge in [-0.1, -0.05) is 41.5 Å². The molecule has 3 heteroatoms. The van der Waals surface area contributed by atoms with E-state index in [9.17, 15) is 0 Å². The Labute approximate surface area is 108 Å². The number of hydrogen-bond donors (Lipinski definition) is 0. The summed E-state index contributed by atoms with van der Waals surface area (Å²) in [6.07, 6.45) is 1.67. The highest BCUT2D eigenvalue weighted by atomic mass is 28.4. The minimum absolute atomic E-state index is 0.216. The Hall–Kier alpha value is -0.333. The standard InChI is InChI=1S/C14H29NOSi/c1-11(2)17(12(3)4,13(5)6)16-14(7)9-8-10-15/h11-14H,8-9H2,1-7H3. The molecule has 0 aliphatic heterocycles. The Kier molecular flexibility index (Phi) is 7.04. The Morgan fingerprint density at radius 2 is 1.35 bits per heavy atom. The number of nitrogens with zero attached hydrogens (tertiary/aromatic N) is 1. The normalized spacial score (nSPS) is 14.4. The molecule has 0 rings (SSSR count). The molecule has 100 valence electrons. The van der Waals surface area contributed by atoms with Gasteiger partial charge in [0.1, 0.15) is 0 Å². The van der Waals surface area contributed by atoms with Gasteiger partial charge in [-0.3, -0.25) is 0 Å². The van der Waals surface area contributed by atoms with Crippen LogP contribution in [0.25, 0.3) is 0 Å². The van der Waals surface area contributed by atoms with Crippen LogP contribution >= 0.6 is 0 Å². The molecule has 0 aliphatic carbocycles. The summed E-state index contributed by atoms with van der Waals surface area (Å²) in [4.78, 5) is 0. The van der Waals surface area contributed by atoms with E-state index in [0.717, 1.165) is 6.42 Å². The first-order valence-electron chi connectivity index (χ1n) is 6.83. The van der Waals surface area contributed by atoms with Crippen LogP contribution in [0.2, 0.25) is 16.6 Å². The van der Waals surface area contributed by atoms with E-state index in [-0.39, 0.29) is 6.10 Å². The van der Waals surface area contributed by atoms with Crippen LogP contribution in [0.3, 0.4) is 0 Å². The zero-order valence-electron chi connectivity index (χ0n) is 12.6. The minimum Gasteiger partial charge on any atom is -0.413 e. The summed E-state index contributed by atoms with van der Waals surface area (Å²) in [6.45, 7) is 15.9. The Morgan fingerprint density at radius 1 is 0.941 bits per heavy atom. The second kappa shape index (κ2) is 7.18. The molecule has 0 saturated heterocycles. The van der Waals surface area contributed by atoms with Crippen LogP contribution in [0.1, 0.15) is 61.3 Å². The number of hydrogen-bond acceptors (Lipinski definition) is 2. The molecule has 0 amide bonds. The van der Waals surface area contributed by atoms with Gasteiger partial charge in [0.05, 0.1) is 6.07 Å². The quantitative estimate of drug-likeness (QED) is 0.608.